The predicted molar refractivity (Wildman–Crippen MR) is 109 cm³/mol. The first-order valence-corrected chi connectivity index (χ1v) is 10.1. The van der Waals surface area contributed by atoms with E-state index in [9.17, 15) is 9.18 Å². The van der Waals surface area contributed by atoms with Gasteiger partial charge in [-0.05, 0) is 43.0 Å². The molecule has 1 aliphatic heterocycles. The van der Waals surface area contributed by atoms with Crippen molar-refractivity contribution in [1.82, 2.24) is 19.9 Å². The van der Waals surface area contributed by atoms with Crippen LogP contribution in [0.3, 0.4) is 0 Å². The zero-order valence-electron chi connectivity index (χ0n) is 15.9. The predicted octanol–water partition coefficient (Wildman–Crippen LogP) is 4.01. The van der Waals surface area contributed by atoms with Crippen LogP contribution in [0.25, 0.3) is 11.4 Å². The van der Waals surface area contributed by atoms with Crippen molar-refractivity contribution in [2.24, 2.45) is 5.92 Å². The molecule has 3 unspecified atom stereocenters. The van der Waals surface area contributed by atoms with Crippen LogP contribution < -0.4 is 4.74 Å². The highest BCUT2D eigenvalue weighted by Gasteiger charge is 2.48. The number of carbonyl (C=O) groups excluding carboxylic acids is 1. The van der Waals surface area contributed by atoms with Gasteiger partial charge in [0, 0.05) is 31.2 Å². The summed E-state index contributed by atoms with van der Waals surface area (Å²) < 4.78 is 20.7. The molecular weight excluding hydrogens is 407 g/mol. The fourth-order valence-corrected chi connectivity index (χ4v) is 4.54. The fourth-order valence-electron chi connectivity index (χ4n) is 4.43. The maximum absolute atomic E-state index is 14.7. The van der Waals surface area contributed by atoms with E-state index >= 15 is 0 Å². The molecule has 8 heteroatoms. The van der Waals surface area contributed by atoms with E-state index in [0.29, 0.717) is 23.4 Å². The SMILES string of the molecule is O=C(c1cccc(F)c1-c1ncccn1)N1CC2CC(Oc3ccc(Cl)cn3)C1C2. The number of carbonyl (C=O) groups is 1. The summed E-state index contributed by atoms with van der Waals surface area (Å²) in [4.78, 5) is 27.7. The standard InChI is InChI=1S/C22H18ClFN4O2/c23-14-5-6-19(27-11-14)30-18-10-13-9-17(18)28(12-13)22(29)15-3-1-4-16(24)20(15)21-25-7-2-8-26-21/h1-8,11,13,17-18H,9-10,12H2. The van der Waals surface area contributed by atoms with Gasteiger partial charge in [-0.1, -0.05) is 17.7 Å². The third-order valence-electron chi connectivity index (χ3n) is 5.69. The first kappa shape index (κ1) is 18.9. The summed E-state index contributed by atoms with van der Waals surface area (Å²) in [6, 6.07) is 9.48. The Hall–Kier alpha value is -3.06. The maximum Gasteiger partial charge on any atom is 0.255 e. The van der Waals surface area contributed by atoms with Crippen LogP contribution in [-0.2, 0) is 0 Å². The highest BCUT2D eigenvalue weighted by molar-refractivity contribution is 6.30. The Kier molecular flexibility index (Phi) is 4.83. The molecule has 1 aliphatic carbocycles. The Labute approximate surface area is 177 Å². The zero-order chi connectivity index (χ0) is 20.7. The van der Waals surface area contributed by atoms with Crippen molar-refractivity contribution in [1.29, 1.82) is 0 Å². The minimum absolute atomic E-state index is 0.0900. The van der Waals surface area contributed by atoms with Crippen LogP contribution >= 0.6 is 11.6 Å². The van der Waals surface area contributed by atoms with Gasteiger partial charge in [-0.3, -0.25) is 4.79 Å². The quantitative estimate of drug-likeness (QED) is 0.633. The van der Waals surface area contributed by atoms with E-state index in [2.05, 4.69) is 15.0 Å². The van der Waals surface area contributed by atoms with Crippen LogP contribution in [0.15, 0.2) is 55.0 Å². The minimum atomic E-state index is -0.519. The maximum atomic E-state index is 14.7. The molecule has 2 aromatic heterocycles. The molecule has 3 atom stereocenters. The number of hydrogen-bond donors (Lipinski definition) is 0. The van der Waals surface area contributed by atoms with Crippen molar-refractivity contribution in [2.45, 2.75) is 25.0 Å². The third-order valence-corrected chi connectivity index (χ3v) is 5.92. The number of halogens is 2. The second-order valence-electron chi connectivity index (χ2n) is 7.57. The Bertz CT molecular complexity index is 1080. The van der Waals surface area contributed by atoms with Gasteiger partial charge in [0.05, 0.1) is 22.2 Å². The second kappa shape index (κ2) is 7.65. The monoisotopic (exact) mass is 424 g/mol. The third kappa shape index (κ3) is 3.39. The van der Waals surface area contributed by atoms with Gasteiger partial charge < -0.3 is 9.64 Å². The number of pyridine rings is 1. The van der Waals surface area contributed by atoms with Gasteiger partial charge in [0.1, 0.15) is 11.9 Å². The summed E-state index contributed by atoms with van der Waals surface area (Å²) in [7, 11) is 0. The van der Waals surface area contributed by atoms with E-state index in [1.807, 2.05) is 0 Å². The van der Waals surface area contributed by atoms with Crippen molar-refractivity contribution in [3.63, 3.8) is 0 Å². The molecule has 3 heterocycles. The molecule has 6 nitrogen and oxygen atoms in total. The Morgan fingerprint density at radius 1 is 1.10 bits per heavy atom. The minimum Gasteiger partial charge on any atom is -0.472 e. The molecule has 0 N–H and O–H groups in total. The molecule has 1 saturated carbocycles. The molecule has 30 heavy (non-hydrogen) atoms. The molecule has 0 radical (unpaired) electrons. The molecule has 3 aromatic rings. The van der Waals surface area contributed by atoms with E-state index < -0.39 is 5.82 Å². The molecule has 0 spiro atoms. The summed E-state index contributed by atoms with van der Waals surface area (Å²) in [5.41, 5.74) is 0.389. The van der Waals surface area contributed by atoms with Crippen LogP contribution in [0.4, 0.5) is 4.39 Å². The van der Waals surface area contributed by atoms with Gasteiger partial charge >= 0.3 is 0 Å². The lowest BCUT2D eigenvalue weighted by molar-refractivity contribution is 0.0467. The van der Waals surface area contributed by atoms with Gasteiger partial charge in [0.15, 0.2) is 5.82 Å². The van der Waals surface area contributed by atoms with E-state index in [0.717, 1.165) is 12.8 Å². The van der Waals surface area contributed by atoms with Crippen LogP contribution in [0.1, 0.15) is 23.2 Å². The summed E-state index contributed by atoms with van der Waals surface area (Å²) in [5, 5.41) is 0.536. The number of rotatable bonds is 4. The normalized spacial score (nSPS) is 22.3. The van der Waals surface area contributed by atoms with E-state index in [-0.39, 0.29) is 35.0 Å². The van der Waals surface area contributed by atoms with Gasteiger partial charge in [0.2, 0.25) is 5.88 Å². The fraction of sp³-hybridized carbons (Fsp3) is 0.273. The first-order valence-electron chi connectivity index (χ1n) is 9.75. The van der Waals surface area contributed by atoms with Crippen molar-refractivity contribution >= 4 is 17.5 Å². The largest absolute Gasteiger partial charge is 0.472 e. The van der Waals surface area contributed by atoms with E-state index in [1.165, 1.54) is 30.7 Å². The molecule has 2 aliphatic rings. The lowest BCUT2D eigenvalue weighted by Crippen LogP contribution is -2.47. The lowest BCUT2D eigenvalue weighted by Gasteiger charge is -2.33. The summed E-state index contributed by atoms with van der Waals surface area (Å²) in [5.74, 6) is 0.271. The van der Waals surface area contributed by atoms with Crippen molar-refractivity contribution in [2.75, 3.05) is 6.54 Å². The molecule has 1 saturated heterocycles. The van der Waals surface area contributed by atoms with Crippen molar-refractivity contribution in [3.05, 3.63) is 71.4 Å². The summed E-state index contributed by atoms with van der Waals surface area (Å²) >= 11 is 5.89. The Balaban J connectivity index is 1.42. The molecule has 1 amide bonds. The van der Waals surface area contributed by atoms with E-state index in [1.54, 1.807) is 29.2 Å². The van der Waals surface area contributed by atoms with Gasteiger partial charge in [-0.25, -0.2) is 19.3 Å². The average molecular weight is 425 g/mol. The van der Waals surface area contributed by atoms with E-state index in [4.69, 9.17) is 16.3 Å². The number of fused-ring (bicyclic) bond motifs is 2. The molecule has 152 valence electrons. The summed E-state index contributed by atoms with van der Waals surface area (Å²) in [6.07, 6.45) is 6.15. The van der Waals surface area contributed by atoms with Gasteiger partial charge in [0.25, 0.3) is 5.91 Å². The summed E-state index contributed by atoms with van der Waals surface area (Å²) in [6.45, 7) is 0.628. The lowest BCUT2D eigenvalue weighted by atomic mass is 10.0. The second-order valence-corrected chi connectivity index (χ2v) is 8.00. The highest BCUT2D eigenvalue weighted by Crippen LogP contribution is 2.41. The highest BCUT2D eigenvalue weighted by atomic mass is 35.5. The number of likely N-dealkylation sites (tertiary alicyclic amines) is 1. The Morgan fingerprint density at radius 3 is 2.67 bits per heavy atom. The number of ether oxygens (including phenoxy) is 1. The first-order chi connectivity index (χ1) is 14.6. The van der Waals surface area contributed by atoms with Crippen LogP contribution in [0, 0.1) is 11.7 Å². The molecule has 2 bridgehead atoms. The van der Waals surface area contributed by atoms with Crippen molar-refractivity contribution < 1.29 is 13.9 Å². The molecule has 1 aromatic carbocycles. The number of hydrogen-bond acceptors (Lipinski definition) is 5. The zero-order valence-corrected chi connectivity index (χ0v) is 16.7. The smallest absolute Gasteiger partial charge is 0.255 e. The molecular formula is C22H18ClFN4O2. The van der Waals surface area contributed by atoms with Gasteiger partial charge in [-0.15, -0.1) is 0 Å². The average Bonchev–Trinajstić information content (AvgIpc) is 3.36. The number of benzene rings is 1. The topological polar surface area (TPSA) is 68.2 Å². The number of amides is 1. The Morgan fingerprint density at radius 2 is 1.93 bits per heavy atom. The van der Waals surface area contributed by atoms with Crippen LogP contribution in [0.5, 0.6) is 5.88 Å². The van der Waals surface area contributed by atoms with Crippen LogP contribution in [-0.4, -0.2) is 44.4 Å². The molecule has 2 fully saturated rings. The molecule has 5 rings (SSSR count). The van der Waals surface area contributed by atoms with Gasteiger partial charge in [-0.2, -0.15) is 0 Å². The number of nitrogens with zero attached hydrogens (tertiary/aromatic N) is 4. The van der Waals surface area contributed by atoms with Crippen LogP contribution in [0.2, 0.25) is 5.02 Å². The number of piperidine rings is 1. The van der Waals surface area contributed by atoms with Crippen molar-refractivity contribution in [3.8, 4) is 17.3 Å². The number of aromatic nitrogens is 3.